The molecule has 0 spiro atoms. The zero-order valence-corrected chi connectivity index (χ0v) is 8.00. The molecule has 1 atom stereocenters. The number of carbonyl (C=O) groups is 2. The molecule has 0 bridgehead atoms. The number of carbonyl (C=O) groups excluding carboxylic acids is 2. The molecule has 0 saturated heterocycles. The smallest absolute Gasteiger partial charge is 0.407 e. The first-order valence-corrected chi connectivity index (χ1v) is 4.56. The zero-order valence-electron chi connectivity index (χ0n) is 8.00. The molecule has 1 saturated carbocycles. The van der Waals surface area contributed by atoms with Gasteiger partial charge in [0.2, 0.25) is 0 Å². The van der Waals surface area contributed by atoms with E-state index in [1.807, 2.05) is 0 Å². The Labute approximate surface area is 79.1 Å². The number of amides is 1. The fraction of sp³-hybridized carbons (Fsp3) is 0.778. The van der Waals surface area contributed by atoms with Crippen LogP contribution in [0.1, 0.15) is 27.6 Å². The third kappa shape index (κ3) is 2.72. The molecule has 1 rings (SSSR count). The largest absolute Gasteiger partial charge is 0.453 e. The summed E-state index contributed by atoms with van der Waals surface area (Å²) in [5, 5.41) is 2.57. The number of nitrogens with one attached hydrogen (secondary N) is 1. The number of hydrogen-bond donors (Lipinski definition) is 1. The number of hydrogen-bond acceptors (Lipinski definition) is 3. The Balaban J connectivity index is 0.00000169. The molecule has 1 N–H and O–H groups in total. The van der Waals surface area contributed by atoms with E-state index in [1.165, 1.54) is 7.11 Å². The maximum Gasteiger partial charge on any atom is 0.407 e. The van der Waals surface area contributed by atoms with Crippen molar-refractivity contribution in [2.24, 2.45) is 5.92 Å². The minimum Gasteiger partial charge on any atom is -0.453 e. The standard InChI is InChI=1S/C9H15NO3.H2/c1-3-7(11)8(6-4-5-6)10-9(12)13-2;/h6,8H,3-5H2,1-2H3,(H,10,12);1H/t8-;/m1./s1. The molecule has 1 aliphatic carbocycles. The molecule has 0 aromatic rings. The van der Waals surface area contributed by atoms with Gasteiger partial charge in [-0.1, -0.05) is 6.92 Å². The number of methoxy groups -OCH3 is 1. The van der Waals surface area contributed by atoms with Gasteiger partial charge >= 0.3 is 6.09 Å². The summed E-state index contributed by atoms with van der Waals surface area (Å²) in [5.74, 6) is 0.430. The number of ether oxygens (including phenoxy) is 1. The molecule has 0 radical (unpaired) electrons. The fourth-order valence-electron chi connectivity index (χ4n) is 1.30. The molecule has 1 aliphatic rings. The van der Waals surface area contributed by atoms with Gasteiger partial charge in [0, 0.05) is 7.85 Å². The van der Waals surface area contributed by atoms with E-state index in [0.29, 0.717) is 12.3 Å². The Bertz CT molecular complexity index is 216. The third-order valence-corrected chi connectivity index (χ3v) is 2.25. The lowest BCUT2D eigenvalue weighted by molar-refractivity contribution is -0.121. The van der Waals surface area contributed by atoms with Crippen LogP contribution < -0.4 is 5.32 Å². The molecule has 13 heavy (non-hydrogen) atoms. The Hall–Kier alpha value is -1.06. The normalized spacial score (nSPS) is 17.7. The second-order valence-electron chi connectivity index (χ2n) is 3.27. The van der Waals surface area contributed by atoms with Crippen molar-refractivity contribution in [1.29, 1.82) is 0 Å². The van der Waals surface area contributed by atoms with Crippen LogP contribution in [0.4, 0.5) is 4.79 Å². The van der Waals surface area contributed by atoms with Crippen molar-refractivity contribution in [3.63, 3.8) is 0 Å². The molecule has 0 aliphatic heterocycles. The minimum atomic E-state index is -0.515. The third-order valence-electron chi connectivity index (χ3n) is 2.25. The van der Waals surface area contributed by atoms with Gasteiger partial charge in [0.15, 0.2) is 5.78 Å². The van der Waals surface area contributed by atoms with Gasteiger partial charge in [-0.05, 0) is 18.8 Å². The average molecular weight is 187 g/mol. The average Bonchev–Trinajstić information content (AvgIpc) is 2.95. The molecule has 1 amide bonds. The van der Waals surface area contributed by atoms with Crippen molar-refractivity contribution >= 4 is 11.9 Å². The summed E-state index contributed by atoms with van der Waals surface area (Å²) >= 11 is 0. The van der Waals surface area contributed by atoms with E-state index in [0.717, 1.165) is 12.8 Å². The number of ketones is 1. The van der Waals surface area contributed by atoms with Gasteiger partial charge in [0.1, 0.15) is 0 Å². The Morgan fingerprint density at radius 2 is 2.23 bits per heavy atom. The van der Waals surface area contributed by atoms with Crippen molar-refractivity contribution in [3.8, 4) is 0 Å². The number of Topliss-reactive ketones (excluding diaryl/α,β-unsaturated/α-hetero) is 1. The molecular formula is C9H17NO3. The monoisotopic (exact) mass is 187 g/mol. The van der Waals surface area contributed by atoms with E-state index in [1.54, 1.807) is 6.92 Å². The lowest BCUT2D eigenvalue weighted by Crippen LogP contribution is -2.42. The summed E-state index contributed by atoms with van der Waals surface area (Å²) in [6, 6.07) is -0.322. The summed E-state index contributed by atoms with van der Waals surface area (Å²) in [6.07, 6.45) is 2.00. The van der Waals surface area contributed by atoms with Crippen LogP contribution in [0.5, 0.6) is 0 Å². The van der Waals surface area contributed by atoms with Crippen LogP contribution in [0, 0.1) is 5.92 Å². The zero-order chi connectivity index (χ0) is 9.84. The summed E-state index contributed by atoms with van der Waals surface area (Å²) in [7, 11) is 1.30. The molecule has 4 heteroatoms. The number of alkyl carbamates (subject to hydrolysis) is 1. The molecule has 0 heterocycles. The maximum atomic E-state index is 11.4. The quantitative estimate of drug-likeness (QED) is 0.722. The van der Waals surface area contributed by atoms with Gasteiger partial charge in [0.05, 0.1) is 13.2 Å². The van der Waals surface area contributed by atoms with E-state index < -0.39 is 6.09 Å². The predicted molar refractivity (Wildman–Crippen MR) is 49.5 cm³/mol. The Kier molecular flexibility index (Phi) is 3.28. The van der Waals surface area contributed by atoms with Crippen LogP contribution in [0.25, 0.3) is 0 Å². The van der Waals surface area contributed by atoms with Gasteiger partial charge in [0.25, 0.3) is 0 Å². The molecule has 76 valence electrons. The van der Waals surface area contributed by atoms with Gasteiger partial charge in [-0.2, -0.15) is 0 Å². The first-order valence-electron chi connectivity index (χ1n) is 4.56. The second-order valence-corrected chi connectivity index (χ2v) is 3.27. The van der Waals surface area contributed by atoms with Gasteiger partial charge in [-0.25, -0.2) is 4.79 Å². The summed E-state index contributed by atoms with van der Waals surface area (Å²) < 4.78 is 4.45. The molecule has 0 unspecified atom stereocenters. The van der Waals surface area contributed by atoms with Gasteiger partial charge < -0.3 is 10.1 Å². The van der Waals surface area contributed by atoms with Gasteiger partial charge in [-0.15, -0.1) is 0 Å². The molecular weight excluding hydrogens is 170 g/mol. The SMILES string of the molecule is CCC(=O)[C@H](NC(=O)OC)C1CC1.[HH]. The van der Waals surface area contributed by atoms with Crippen molar-refractivity contribution in [2.45, 2.75) is 32.2 Å². The van der Waals surface area contributed by atoms with Crippen LogP contribution in [0.15, 0.2) is 0 Å². The van der Waals surface area contributed by atoms with E-state index in [-0.39, 0.29) is 13.3 Å². The molecule has 1 fully saturated rings. The van der Waals surface area contributed by atoms with Crippen molar-refractivity contribution in [3.05, 3.63) is 0 Å². The molecule has 4 nitrogen and oxygen atoms in total. The summed E-state index contributed by atoms with van der Waals surface area (Å²) in [5.41, 5.74) is 0. The predicted octanol–water partition coefficient (Wildman–Crippen LogP) is 1.35. The van der Waals surface area contributed by atoms with Crippen LogP contribution in [0.2, 0.25) is 0 Å². The fourth-order valence-corrected chi connectivity index (χ4v) is 1.30. The van der Waals surface area contributed by atoms with Crippen LogP contribution in [-0.4, -0.2) is 25.0 Å². The van der Waals surface area contributed by atoms with Crippen molar-refractivity contribution in [2.75, 3.05) is 7.11 Å². The maximum absolute atomic E-state index is 11.4. The van der Waals surface area contributed by atoms with E-state index in [9.17, 15) is 9.59 Å². The second kappa shape index (κ2) is 4.25. The van der Waals surface area contributed by atoms with Crippen molar-refractivity contribution in [1.82, 2.24) is 5.32 Å². The molecule has 0 aromatic heterocycles. The van der Waals surface area contributed by atoms with E-state index >= 15 is 0 Å². The Morgan fingerprint density at radius 1 is 1.62 bits per heavy atom. The Morgan fingerprint density at radius 3 is 2.62 bits per heavy atom. The van der Waals surface area contributed by atoms with Crippen molar-refractivity contribution < 1.29 is 15.8 Å². The van der Waals surface area contributed by atoms with Crippen LogP contribution in [-0.2, 0) is 9.53 Å². The first kappa shape index (κ1) is 10.0. The van der Waals surface area contributed by atoms with Gasteiger partial charge in [-0.3, -0.25) is 4.79 Å². The highest BCUT2D eigenvalue weighted by Crippen LogP contribution is 2.33. The van der Waals surface area contributed by atoms with Crippen LogP contribution >= 0.6 is 0 Å². The summed E-state index contributed by atoms with van der Waals surface area (Å²) in [6.45, 7) is 1.80. The van der Waals surface area contributed by atoms with E-state index in [2.05, 4.69) is 10.1 Å². The first-order chi connectivity index (χ1) is 6.19. The highest BCUT2D eigenvalue weighted by Gasteiger charge is 2.36. The lowest BCUT2D eigenvalue weighted by atomic mass is 10.1. The number of rotatable bonds is 4. The minimum absolute atomic E-state index is 0. The highest BCUT2D eigenvalue weighted by molar-refractivity contribution is 5.87. The van der Waals surface area contributed by atoms with E-state index in [4.69, 9.17) is 0 Å². The summed E-state index contributed by atoms with van der Waals surface area (Å²) in [4.78, 5) is 22.3. The lowest BCUT2D eigenvalue weighted by Gasteiger charge is -2.14. The highest BCUT2D eigenvalue weighted by atomic mass is 16.5. The topological polar surface area (TPSA) is 55.4 Å². The van der Waals surface area contributed by atoms with Crippen LogP contribution in [0.3, 0.4) is 0 Å². The molecule has 0 aromatic carbocycles.